The Morgan fingerprint density at radius 1 is 1.19 bits per heavy atom. The Kier molecular flexibility index (Phi) is 5.73. The van der Waals surface area contributed by atoms with Gasteiger partial charge < -0.3 is 9.84 Å². The molecule has 1 aromatic carbocycles. The standard InChI is InChI=1S/C18H11F3N4O3S3/c1-28-10-6-4-9(5-7-10)25-14(11-3-2-8-29-11)23-24-16(25)31-17-22-13(18(19,20)21)12(30-17)15(26)27/h2-8H,1H3,(H,26,27). The summed E-state index contributed by atoms with van der Waals surface area (Å²) in [6.07, 6.45) is -4.88. The number of carboxylic acids is 1. The van der Waals surface area contributed by atoms with Gasteiger partial charge in [-0.3, -0.25) is 4.57 Å². The van der Waals surface area contributed by atoms with E-state index in [1.807, 2.05) is 17.5 Å². The summed E-state index contributed by atoms with van der Waals surface area (Å²) in [5.41, 5.74) is -0.774. The summed E-state index contributed by atoms with van der Waals surface area (Å²) in [6, 6.07) is 10.7. The first-order chi connectivity index (χ1) is 14.8. The second-order valence-corrected chi connectivity index (χ2v) is 9.04. The minimum atomic E-state index is -4.88. The van der Waals surface area contributed by atoms with Crippen molar-refractivity contribution in [2.24, 2.45) is 0 Å². The number of nitrogens with zero attached hydrogens (tertiary/aromatic N) is 4. The normalized spacial score (nSPS) is 11.6. The number of alkyl halides is 3. The van der Waals surface area contributed by atoms with Crippen LogP contribution in [-0.4, -0.2) is 37.9 Å². The minimum Gasteiger partial charge on any atom is -0.497 e. The van der Waals surface area contributed by atoms with Crippen LogP contribution in [0.3, 0.4) is 0 Å². The van der Waals surface area contributed by atoms with Crippen LogP contribution >= 0.6 is 34.4 Å². The molecule has 160 valence electrons. The van der Waals surface area contributed by atoms with E-state index >= 15 is 0 Å². The van der Waals surface area contributed by atoms with E-state index in [9.17, 15) is 18.0 Å². The zero-order valence-corrected chi connectivity index (χ0v) is 17.9. The Labute approximate surface area is 185 Å². The van der Waals surface area contributed by atoms with Crippen LogP contribution in [0, 0.1) is 0 Å². The number of hydrogen-bond donors (Lipinski definition) is 1. The number of benzene rings is 1. The molecule has 3 heterocycles. The molecule has 31 heavy (non-hydrogen) atoms. The molecule has 0 amide bonds. The first kappa shape index (κ1) is 21.3. The van der Waals surface area contributed by atoms with Gasteiger partial charge in [0.15, 0.2) is 15.9 Å². The monoisotopic (exact) mass is 484 g/mol. The smallest absolute Gasteiger partial charge is 0.435 e. The molecule has 13 heteroatoms. The maximum atomic E-state index is 13.2. The molecular formula is C18H11F3N4O3S3. The summed E-state index contributed by atoms with van der Waals surface area (Å²) in [4.78, 5) is 14.7. The van der Waals surface area contributed by atoms with Gasteiger partial charge in [0.2, 0.25) is 5.16 Å². The molecule has 0 aliphatic rings. The van der Waals surface area contributed by atoms with Crippen LogP contribution in [0.15, 0.2) is 51.3 Å². The molecule has 0 aliphatic heterocycles. The van der Waals surface area contributed by atoms with Crippen LogP contribution in [-0.2, 0) is 6.18 Å². The third-order valence-electron chi connectivity index (χ3n) is 3.95. The number of ether oxygens (including phenoxy) is 1. The van der Waals surface area contributed by atoms with Gasteiger partial charge in [-0.05, 0) is 47.5 Å². The lowest BCUT2D eigenvalue weighted by atomic mass is 10.3. The van der Waals surface area contributed by atoms with Crippen molar-refractivity contribution in [2.45, 2.75) is 15.7 Å². The van der Waals surface area contributed by atoms with Crippen molar-refractivity contribution < 1.29 is 27.8 Å². The van der Waals surface area contributed by atoms with Crippen molar-refractivity contribution in [3.63, 3.8) is 0 Å². The molecular weight excluding hydrogens is 473 g/mol. The average Bonchev–Trinajstić information content (AvgIpc) is 3.47. The Hall–Kier alpha value is -2.90. The first-order valence-electron chi connectivity index (χ1n) is 8.41. The summed E-state index contributed by atoms with van der Waals surface area (Å²) in [5, 5.41) is 19.6. The highest BCUT2D eigenvalue weighted by atomic mass is 32.2. The molecule has 0 saturated heterocycles. The predicted octanol–water partition coefficient (Wildman–Crippen LogP) is 5.33. The topological polar surface area (TPSA) is 90.1 Å². The molecule has 4 aromatic rings. The Balaban J connectivity index is 1.80. The lowest BCUT2D eigenvalue weighted by Crippen LogP contribution is -2.11. The number of rotatable bonds is 6. The second kappa shape index (κ2) is 8.32. The molecule has 0 unspecified atom stereocenters. The van der Waals surface area contributed by atoms with Gasteiger partial charge in [0.1, 0.15) is 10.6 Å². The van der Waals surface area contributed by atoms with E-state index in [4.69, 9.17) is 9.84 Å². The molecule has 1 N–H and O–H groups in total. The van der Waals surface area contributed by atoms with E-state index in [1.165, 1.54) is 18.4 Å². The van der Waals surface area contributed by atoms with Crippen molar-refractivity contribution >= 4 is 40.4 Å². The fraction of sp³-hybridized carbons (Fsp3) is 0.111. The van der Waals surface area contributed by atoms with E-state index in [1.54, 1.807) is 28.8 Å². The molecule has 0 spiro atoms. The number of thiophene rings is 1. The van der Waals surface area contributed by atoms with E-state index < -0.39 is 22.7 Å². The van der Waals surface area contributed by atoms with Crippen molar-refractivity contribution in [3.8, 4) is 22.1 Å². The molecule has 0 saturated carbocycles. The van der Waals surface area contributed by atoms with Crippen LogP contribution in [0.4, 0.5) is 13.2 Å². The quantitative estimate of drug-likeness (QED) is 0.396. The highest BCUT2D eigenvalue weighted by Crippen LogP contribution is 2.40. The lowest BCUT2D eigenvalue weighted by molar-refractivity contribution is -0.141. The number of hydrogen-bond acceptors (Lipinski definition) is 8. The second-order valence-electron chi connectivity index (χ2n) is 5.88. The number of halogens is 3. The Morgan fingerprint density at radius 3 is 2.48 bits per heavy atom. The molecule has 0 radical (unpaired) electrons. The van der Waals surface area contributed by atoms with Crippen LogP contribution in [0.1, 0.15) is 15.4 Å². The van der Waals surface area contributed by atoms with Gasteiger partial charge >= 0.3 is 12.1 Å². The lowest BCUT2D eigenvalue weighted by Gasteiger charge is -2.09. The number of methoxy groups -OCH3 is 1. The highest BCUT2D eigenvalue weighted by Gasteiger charge is 2.40. The molecule has 4 rings (SSSR count). The van der Waals surface area contributed by atoms with Crippen LogP contribution < -0.4 is 4.74 Å². The summed E-state index contributed by atoms with van der Waals surface area (Å²) < 4.78 is 46.3. The van der Waals surface area contributed by atoms with Gasteiger partial charge in [-0.25, -0.2) is 9.78 Å². The van der Waals surface area contributed by atoms with E-state index in [0.29, 0.717) is 28.6 Å². The maximum Gasteiger partial charge on any atom is 0.435 e. The van der Waals surface area contributed by atoms with Gasteiger partial charge in [0.05, 0.1) is 17.7 Å². The zero-order chi connectivity index (χ0) is 22.2. The van der Waals surface area contributed by atoms with Gasteiger partial charge in [-0.15, -0.1) is 21.5 Å². The third kappa shape index (κ3) is 4.29. The number of aromatic nitrogens is 4. The molecule has 3 aromatic heterocycles. The molecule has 7 nitrogen and oxygen atoms in total. The SMILES string of the molecule is COc1ccc(-n2c(Sc3nc(C(F)(F)F)c(C(=O)O)s3)nnc2-c2cccs2)cc1. The summed E-state index contributed by atoms with van der Waals surface area (Å²) in [7, 11) is 1.53. The third-order valence-corrected chi connectivity index (χ3v) is 6.87. The summed E-state index contributed by atoms with van der Waals surface area (Å²) >= 11 is 2.68. The van der Waals surface area contributed by atoms with Crippen molar-refractivity contribution in [1.82, 2.24) is 19.7 Å². The molecule has 0 atom stereocenters. The average molecular weight is 485 g/mol. The number of carbonyl (C=O) groups is 1. The summed E-state index contributed by atoms with van der Waals surface area (Å²) in [5.74, 6) is -0.564. The van der Waals surface area contributed by atoms with E-state index in [2.05, 4.69) is 15.2 Å². The van der Waals surface area contributed by atoms with Crippen LogP contribution in [0.5, 0.6) is 5.75 Å². The number of aromatic carboxylic acids is 1. The predicted molar refractivity (Wildman–Crippen MR) is 109 cm³/mol. The highest BCUT2D eigenvalue weighted by molar-refractivity contribution is 8.00. The van der Waals surface area contributed by atoms with Crippen molar-refractivity contribution in [1.29, 1.82) is 0 Å². The number of thiazole rings is 1. The van der Waals surface area contributed by atoms with Crippen molar-refractivity contribution in [3.05, 3.63) is 52.3 Å². The van der Waals surface area contributed by atoms with E-state index in [-0.39, 0.29) is 9.50 Å². The maximum absolute atomic E-state index is 13.2. The summed E-state index contributed by atoms with van der Waals surface area (Å²) in [6.45, 7) is 0. The van der Waals surface area contributed by atoms with Gasteiger partial charge in [-0.2, -0.15) is 13.2 Å². The molecule has 0 bridgehead atoms. The fourth-order valence-corrected chi connectivity index (χ4v) is 5.28. The van der Waals surface area contributed by atoms with Gasteiger partial charge in [0, 0.05) is 0 Å². The minimum absolute atomic E-state index is 0.107. The van der Waals surface area contributed by atoms with Crippen molar-refractivity contribution in [2.75, 3.05) is 7.11 Å². The van der Waals surface area contributed by atoms with Gasteiger partial charge in [-0.1, -0.05) is 17.4 Å². The Morgan fingerprint density at radius 2 is 1.94 bits per heavy atom. The van der Waals surface area contributed by atoms with E-state index in [0.717, 1.165) is 16.6 Å². The molecule has 0 aliphatic carbocycles. The largest absolute Gasteiger partial charge is 0.497 e. The van der Waals surface area contributed by atoms with Crippen LogP contribution in [0.2, 0.25) is 0 Å². The fourth-order valence-electron chi connectivity index (χ4n) is 2.62. The first-order valence-corrected chi connectivity index (χ1v) is 10.9. The van der Waals surface area contributed by atoms with Crippen LogP contribution in [0.25, 0.3) is 16.4 Å². The zero-order valence-electron chi connectivity index (χ0n) is 15.5. The Bertz CT molecular complexity index is 1220. The molecule has 0 fully saturated rings. The van der Waals surface area contributed by atoms with Gasteiger partial charge in [0.25, 0.3) is 0 Å². The number of carboxylic acid groups (broad SMARTS) is 1.